The average Bonchev–Trinajstić information content (AvgIpc) is 3.35. The molecule has 5 heteroatoms. The molecule has 41 heavy (non-hydrogen) atoms. The summed E-state index contributed by atoms with van der Waals surface area (Å²) in [5, 5.41) is 2.49. The molecule has 4 aliphatic rings. The van der Waals surface area contributed by atoms with Crippen LogP contribution in [0, 0.1) is 11.8 Å². The molecule has 0 N–H and O–H groups in total. The van der Waals surface area contributed by atoms with Crippen molar-refractivity contribution in [1.29, 1.82) is 0 Å². The van der Waals surface area contributed by atoms with Crippen molar-refractivity contribution in [3.63, 3.8) is 0 Å². The number of nitrogens with zero attached hydrogens (tertiary/aromatic N) is 5. The molecule has 4 bridgehead atoms. The van der Waals surface area contributed by atoms with Gasteiger partial charge in [0.2, 0.25) is 5.95 Å². The number of rotatable bonds is 4. The Balaban J connectivity index is 1.24. The van der Waals surface area contributed by atoms with Crippen molar-refractivity contribution in [3.05, 3.63) is 103 Å². The molecule has 6 aromatic rings. The second-order valence-corrected chi connectivity index (χ2v) is 12.2. The first-order valence-corrected chi connectivity index (χ1v) is 15.0. The van der Waals surface area contributed by atoms with E-state index in [0.29, 0.717) is 29.7 Å². The van der Waals surface area contributed by atoms with Crippen LogP contribution in [0.1, 0.15) is 32.1 Å². The number of hydrogen-bond acceptors (Lipinski definition) is 4. The first-order chi connectivity index (χ1) is 20.3. The third kappa shape index (κ3) is 3.72. The first kappa shape index (κ1) is 23.2. The number of anilines is 1. The molecule has 4 fully saturated rings. The molecule has 4 heterocycles. The highest BCUT2D eigenvalue weighted by Gasteiger charge is 2.46. The van der Waals surface area contributed by atoms with Gasteiger partial charge in [-0.3, -0.25) is 4.57 Å². The summed E-state index contributed by atoms with van der Waals surface area (Å²) >= 11 is 0. The van der Waals surface area contributed by atoms with Crippen LogP contribution in [0.25, 0.3) is 50.5 Å². The van der Waals surface area contributed by atoms with Crippen molar-refractivity contribution in [1.82, 2.24) is 19.5 Å². The zero-order valence-corrected chi connectivity index (χ0v) is 22.9. The topological polar surface area (TPSA) is 46.8 Å². The summed E-state index contributed by atoms with van der Waals surface area (Å²) in [6, 6.07) is 37.6. The predicted octanol–water partition coefficient (Wildman–Crippen LogP) is 8.07. The quantitative estimate of drug-likeness (QED) is 0.230. The Morgan fingerprint density at radius 2 is 1.07 bits per heavy atom. The van der Waals surface area contributed by atoms with Crippen LogP contribution in [0.2, 0.25) is 0 Å². The molecular formula is C36H31N5. The largest absolute Gasteiger partial charge is 0.366 e. The van der Waals surface area contributed by atoms with Gasteiger partial charge >= 0.3 is 0 Å². The molecule has 2 saturated heterocycles. The Morgan fingerprint density at radius 1 is 0.512 bits per heavy atom. The Hall–Kier alpha value is -4.51. The number of aromatic nitrogens is 4. The lowest BCUT2D eigenvalue weighted by atomic mass is 9.63. The second-order valence-electron chi connectivity index (χ2n) is 12.2. The minimum Gasteiger partial charge on any atom is -0.366 e. The van der Waals surface area contributed by atoms with Crippen LogP contribution in [0.15, 0.2) is 103 Å². The van der Waals surface area contributed by atoms with Crippen molar-refractivity contribution in [2.45, 2.75) is 44.2 Å². The van der Waals surface area contributed by atoms with Gasteiger partial charge in [-0.05, 0) is 68.2 Å². The van der Waals surface area contributed by atoms with E-state index < -0.39 is 0 Å². The standard InChI is InChI=1S/C36H31N5/c1-3-9-25(10-4-1)34-37-35(26-11-5-2-6-12-26)39-36(38-34)41-32-14-8-7-13-30(32)31-22-27(15-16-33(31)41)40-28-18-23-17-24(20-28)21-29(40)19-23/h1-16,22-24,28-29H,17-21H2. The summed E-state index contributed by atoms with van der Waals surface area (Å²) in [6.07, 6.45) is 6.92. The number of para-hydroxylation sites is 1. The fraction of sp³-hybridized carbons (Fsp3) is 0.250. The summed E-state index contributed by atoms with van der Waals surface area (Å²) in [6.45, 7) is 0. The molecule has 2 aliphatic carbocycles. The zero-order valence-electron chi connectivity index (χ0n) is 22.9. The second kappa shape index (κ2) is 9.00. The fourth-order valence-electron chi connectivity index (χ4n) is 8.19. The lowest BCUT2D eigenvalue weighted by molar-refractivity contribution is 0.0900. The van der Waals surface area contributed by atoms with E-state index in [1.165, 1.54) is 48.6 Å². The summed E-state index contributed by atoms with van der Waals surface area (Å²) in [5.74, 6) is 3.89. The highest BCUT2D eigenvalue weighted by atomic mass is 15.2. The lowest BCUT2D eigenvalue weighted by Crippen LogP contribution is -2.58. The number of benzene rings is 4. The third-order valence-electron chi connectivity index (χ3n) is 9.72. The first-order valence-electron chi connectivity index (χ1n) is 15.0. The highest BCUT2D eigenvalue weighted by Crippen LogP contribution is 2.51. The van der Waals surface area contributed by atoms with Crippen molar-refractivity contribution in [2.24, 2.45) is 11.8 Å². The summed E-state index contributed by atoms with van der Waals surface area (Å²) in [5.41, 5.74) is 5.57. The molecule has 0 radical (unpaired) electrons. The summed E-state index contributed by atoms with van der Waals surface area (Å²) in [4.78, 5) is 17.8. The number of piperidine rings is 2. The molecule has 5 nitrogen and oxygen atoms in total. The predicted molar refractivity (Wildman–Crippen MR) is 165 cm³/mol. The van der Waals surface area contributed by atoms with Gasteiger partial charge in [-0.15, -0.1) is 0 Å². The van der Waals surface area contributed by atoms with Gasteiger partial charge in [0.15, 0.2) is 11.6 Å². The van der Waals surface area contributed by atoms with E-state index in [9.17, 15) is 0 Å². The molecule has 10 rings (SSSR count). The summed E-state index contributed by atoms with van der Waals surface area (Å²) < 4.78 is 2.22. The fourth-order valence-corrected chi connectivity index (χ4v) is 8.19. The Kier molecular flexibility index (Phi) is 5.10. The molecule has 2 saturated carbocycles. The van der Waals surface area contributed by atoms with E-state index in [1.54, 1.807) is 0 Å². The molecule has 200 valence electrons. The number of fused-ring (bicyclic) bond motifs is 3. The van der Waals surface area contributed by atoms with Gasteiger partial charge in [0.05, 0.1) is 11.0 Å². The number of hydrogen-bond donors (Lipinski definition) is 0. The van der Waals surface area contributed by atoms with Crippen molar-refractivity contribution in [3.8, 4) is 28.7 Å². The van der Waals surface area contributed by atoms with Crippen LogP contribution >= 0.6 is 0 Å². The third-order valence-corrected chi connectivity index (χ3v) is 9.72. The van der Waals surface area contributed by atoms with Gasteiger partial charge < -0.3 is 4.90 Å². The maximum Gasteiger partial charge on any atom is 0.238 e. The van der Waals surface area contributed by atoms with Crippen molar-refractivity contribution < 1.29 is 0 Å². The minimum absolute atomic E-state index is 0.645. The molecule has 2 aromatic heterocycles. The van der Waals surface area contributed by atoms with E-state index >= 15 is 0 Å². The van der Waals surface area contributed by atoms with Crippen LogP contribution in [0.4, 0.5) is 5.69 Å². The normalized spacial score (nSPS) is 23.1. The van der Waals surface area contributed by atoms with E-state index in [4.69, 9.17) is 15.0 Å². The van der Waals surface area contributed by atoms with Gasteiger partial charge in [0, 0.05) is 39.7 Å². The Bertz CT molecular complexity index is 1820. The molecule has 4 aromatic carbocycles. The maximum absolute atomic E-state index is 5.07. The zero-order chi connectivity index (χ0) is 26.9. The summed E-state index contributed by atoms with van der Waals surface area (Å²) in [7, 11) is 0. The van der Waals surface area contributed by atoms with E-state index in [1.807, 2.05) is 36.4 Å². The van der Waals surface area contributed by atoms with Gasteiger partial charge in [-0.1, -0.05) is 78.9 Å². The molecule has 2 aliphatic heterocycles. The van der Waals surface area contributed by atoms with E-state index in [2.05, 4.69) is 76.2 Å². The smallest absolute Gasteiger partial charge is 0.238 e. The van der Waals surface area contributed by atoms with Crippen molar-refractivity contribution in [2.75, 3.05) is 4.90 Å². The SMILES string of the molecule is c1ccc(-c2nc(-c3ccccc3)nc(-n3c4ccccc4c4cc(N5C6CC7CC(C6)CC5C7)ccc43)n2)cc1. The molecular weight excluding hydrogens is 502 g/mol. The average molecular weight is 534 g/mol. The van der Waals surface area contributed by atoms with Gasteiger partial charge in [0.1, 0.15) is 0 Å². The molecule has 0 unspecified atom stereocenters. The highest BCUT2D eigenvalue weighted by molar-refractivity contribution is 6.10. The monoisotopic (exact) mass is 533 g/mol. The maximum atomic E-state index is 5.07. The van der Waals surface area contributed by atoms with Crippen LogP contribution in [0.3, 0.4) is 0 Å². The van der Waals surface area contributed by atoms with Crippen LogP contribution in [-0.4, -0.2) is 31.6 Å². The molecule has 0 spiro atoms. The Morgan fingerprint density at radius 3 is 1.71 bits per heavy atom. The van der Waals surface area contributed by atoms with Gasteiger partial charge in [-0.25, -0.2) is 4.98 Å². The van der Waals surface area contributed by atoms with Crippen molar-refractivity contribution >= 4 is 27.5 Å². The Labute approximate surface area is 239 Å². The van der Waals surface area contributed by atoms with Gasteiger partial charge in [-0.2, -0.15) is 9.97 Å². The molecule has 0 atom stereocenters. The lowest BCUT2D eigenvalue weighted by Gasteiger charge is -2.57. The van der Waals surface area contributed by atoms with Crippen LogP contribution < -0.4 is 4.90 Å². The van der Waals surface area contributed by atoms with Crippen LogP contribution in [-0.2, 0) is 0 Å². The van der Waals surface area contributed by atoms with Crippen LogP contribution in [0.5, 0.6) is 0 Å². The minimum atomic E-state index is 0.645. The van der Waals surface area contributed by atoms with Gasteiger partial charge in [0.25, 0.3) is 0 Å². The molecule has 0 amide bonds. The van der Waals surface area contributed by atoms with E-state index in [0.717, 1.165) is 34.0 Å². The van der Waals surface area contributed by atoms with E-state index in [-0.39, 0.29) is 0 Å².